The minimum absolute atomic E-state index is 0.0253. The molecular formula is C26H32FN3O2. The fraction of sp³-hybridized carbons (Fsp3) is 0.500. The summed E-state index contributed by atoms with van der Waals surface area (Å²) in [6, 6.07) is 8.66. The molecule has 1 aromatic carbocycles. The number of benzene rings is 1. The summed E-state index contributed by atoms with van der Waals surface area (Å²) in [6.45, 7) is 2.38. The van der Waals surface area contributed by atoms with Gasteiger partial charge in [0, 0.05) is 29.9 Å². The Morgan fingerprint density at radius 3 is 2.31 bits per heavy atom. The Morgan fingerprint density at radius 1 is 1.03 bits per heavy atom. The average Bonchev–Trinajstić information content (AvgIpc) is 3.57. The van der Waals surface area contributed by atoms with E-state index in [9.17, 15) is 9.59 Å². The number of hydrogen-bond acceptors (Lipinski definition) is 3. The number of aromatic nitrogens is 1. The molecule has 2 N–H and O–H groups in total. The van der Waals surface area contributed by atoms with Crippen LogP contribution in [0.15, 0.2) is 36.5 Å². The van der Waals surface area contributed by atoms with Crippen LogP contribution in [0.2, 0.25) is 0 Å². The van der Waals surface area contributed by atoms with Crippen LogP contribution in [-0.2, 0) is 10.2 Å². The van der Waals surface area contributed by atoms with E-state index in [1.165, 1.54) is 25.3 Å². The zero-order valence-electron chi connectivity index (χ0n) is 18.8. The molecule has 2 aliphatic carbocycles. The van der Waals surface area contributed by atoms with Crippen molar-refractivity contribution in [1.29, 1.82) is 0 Å². The molecular weight excluding hydrogens is 405 g/mol. The van der Waals surface area contributed by atoms with Crippen molar-refractivity contribution in [3.8, 4) is 11.1 Å². The number of rotatable bonds is 6. The van der Waals surface area contributed by atoms with Gasteiger partial charge in [0.05, 0.1) is 5.41 Å². The molecule has 2 fully saturated rings. The standard InChI is InChI=1S/C26H32FN3O2/c1-2-28-24(31)23-13-11-19(17-29-23)18-10-12-21(22(27)16-18)26(14-15-26)25(32)30-20-8-6-4-3-5-7-9-20/h10-13,16-17,20H,2-9,14-15H2,1H3,(H,28,31)(H,30,32). The number of carbonyl (C=O) groups excluding carboxylic acids is 2. The number of halogens is 1. The lowest BCUT2D eigenvalue weighted by atomic mass is 9.91. The molecule has 2 amide bonds. The first-order valence-corrected chi connectivity index (χ1v) is 11.9. The van der Waals surface area contributed by atoms with Gasteiger partial charge in [-0.25, -0.2) is 4.39 Å². The minimum atomic E-state index is -0.731. The maximum Gasteiger partial charge on any atom is 0.269 e. The summed E-state index contributed by atoms with van der Waals surface area (Å²) in [7, 11) is 0. The molecule has 0 atom stereocenters. The van der Waals surface area contributed by atoms with Crippen LogP contribution in [0.1, 0.15) is 80.8 Å². The first-order chi connectivity index (χ1) is 15.5. The summed E-state index contributed by atoms with van der Waals surface area (Å²) < 4.78 is 15.2. The lowest BCUT2D eigenvalue weighted by Crippen LogP contribution is -2.42. The van der Waals surface area contributed by atoms with Crippen molar-refractivity contribution < 1.29 is 14.0 Å². The van der Waals surface area contributed by atoms with Gasteiger partial charge < -0.3 is 10.6 Å². The molecule has 0 spiro atoms. The highest BCUT2D eigenvalue weighted by Crippen LogP contribution is 2.50. The van der Waals surface area contributed by atoms with Gasteiger partial charge in [-0.1, -0.05) is 50.3 Å². The minimum Gasteiger partial charge on any atom is -0.353 e. The third-order valence-corrected chi connectivity index (χ3v) is 6.78. The molecule has 1 aromatic heterocycles. The van der Waals surface area contributed by atoms with Crippen molar-refractivity contribution in [2.24, 2.45) is 0 Å². The van der Waals surface area contributed by atoms with E-state index in [0.717, 1.165) is 31.2 Å². The Kier molecular flexibility index (Phi) is 6.87. The van der Waals surface area contributed by atoms with E-state index in [2.05, 4.69) is 15.6 Å². The van der Waals surface area contributed by atoms with Crippen LogP contribution >= 0.6 is 0 Å². The van der Waals surface area contributed by atoms with Crippen LogP contribution in [0.5, 0.6) is 0 Å². The van der Waals surface area contributed by atoms with Crippen LogP contribution in [0.3, 0.4) is 0 Å². The van der Waals surface area contributed by atoms with Gasteiger partial charge >= 0.3 is 0 Å². The zero-order valence-corrected chi connectivity index (χ0v) is 18.8. The molecule has 2 aromatic rings. The van der Waals surface area contributed by atoms with Gasteiger partial charge in [-0.15, -0.1) is 0 Å². The van der Waals surface area contributed by atoms with Gasteiger partial charge in [-0.3, -0.25) is 14.6 Å². The van der Waals surface area contributed by atoms with Crippen LogP contribution < -0.4 is 10.6 Å². The van der Waals surface area contributed by atoms with Gasteiger partial charge in [0.15, 0.2) is 0 Å². The Balaban J connectivity index is 1.47. The number of pyridine rings is 1. The zero-order chi connectivity index (χ0) is 22.6. The van der Waals surface area contributed by atoms with Crippen molar-refractivity contribution in [1.82, 2.24) is 15.6 Å². The molecule has 170 valence electrons. The van der Waals surface area contributed by atoms with E-state index in [0.29, 0.717) is 36.2 Å². The predicted octanol–water partition coefficient (Wildman–Crippen LogP) is 4.90. The number of carbonyl (C=O) groups is 2. The number of hydrogen-bond donors (Lipinski definition) is 2. The second-order valence-corrected chi connectivity index (χ2v) is 9.08. The number of nitrogens with one attached hydrogen (secondary N) is 2. The summed E-state index contributed by atoms with van der Waals surface area (Å²) in [5.41, 5.74) is 1.49. The highest BCUT2D eigenvalue weighted by Gasteiger charge is 2.53. The lowest BCUT2D eigenvalue weighted by Gasteiger charge is -2.24. The molecule has 2 aliphatic rings. The van der Waals surface area contributed by atoms with Crippen molar-refractivity contribution >= 4 is 11.8 Å². The van der Waals surface area contributed by atoms with Gasteiger partial charge in [0.25, 0.3) is 5.91 Å². The molecule has 0 radical (unpaired) electrons. The summed E-state index contributed by atoms with van der Waals surface area (Å²) >= 11 is 0. The predicted molar refractivity (Wildman–Crippen MR) is 123 cm³/mol. The van der Waals surface area contributed by atoms with Crippen molar-refractivity contribution in [3.63, 3.8) is 0 Å². The third-order valence-electron chi connectivity index (χ3n) is 6.78. The molecule has 1 heterocycles. The average molecular weight is 438 g/mol. The maximum absolute atomic E-state index is 15.2. The van der Waals surface area contributed by atoms with Gasteiger partial charge in [-0.05, 0) is 50.3 Å². The molecule has 2 saturated carbocycles. The van der Waals surface area contributed by atoms with E-state index >= 15 is 4.39 Å². The summed E-state index contributed by atoms with van der Waals surface area (Å²) in [6.07, 6.45) is 11.0. The lowest BCUT2D eigenvalue weighted by molar-refractivity contribution is -0.124. The molecule has 0 saturated heterocycles. The van der Waals surface area contributed by atoms with Gasteiger partial charge in [0.1, 0.15) is 11.5 Å². The monoisotopic (exact) mass is 437 g/mol. The Bertz CT molecular complexity index is 962. The first-order valence-electron chi connectivity index (χ1n) is 11.9. The Hall–Kier alpha value is -2.76. The van der Waals surface area contributed by atoms with E-state index in [1.807, 2.05) is 13.0 Å². The molecule has 32 heavy (non-hydrogen) atoms. The highest BCUT2D eigenvalue weighted by molar-refractivity contribution is 5.93. The quantitative estimate of drug-likeness (QED) is 0.675. The van der Waals surface area contributed by atoms with Crippen molar-refractivity contribution in [2.75, 3.05) is 6.54 Å². The summed E-state index contributed by atoms with van der Waals surface area (Å²) in [4.78, 5) is 29.2. The second kappa shape index (κ2) is 9.80. The van der Waals surface area contributed by atoms with E-state index in [1.54, 1.807) is 24.4 Å². The van der Waals surface area contributed by atoms with Gasteiger partial charge in [0.2, 0.25) is 5.91 Å². The molecule has 5 nitrogen and oxygen atoms in total. The second-order valence-electron chi connectivity index (χ2n) is 9.08. The van der Waals surface area contributed by atoms with E-state index in [4.69, 9.17) is 0 Å². The topological polar surface area (TPSA) is 71.1 Å². The van der Waals surface area contributed by atoms with Gasteiger partial charge in [-0.2, -0.15) is 0 Å². The van der Waals surface area contributed by atoms with E-state index in [-0.39, 0.29) is 23.7 Å². The highest BCUT2D eigenvalue weighted by atomic mass is 19.1. The largest absolute Gasteiger partial charge is 0.353 e. The fourth-order valence-electron chi connectivity index (χ4n) is 4.70. The SMILES string of the molecule is CCNC(=O)c1ccc(-c2ccc(C3(C(=O)NC4CCCCCCC4)CC3)c(F)c2)cn1. The molecule has 6 heteroatoms. The third kappa shape index (κ3) is 4.84. The smallest absolute Gasteiger partial charge is 0.269 e. The molecule has 0 unspecified atom stereocenters. The summed E-state index contributed by atoms with van der Waals surface area (Å²) in [5.74, 6) is -0.616. The van der Waals surface area contributed by atoms with E-state index < -0.39 is 5.41 Å². The maximum atomic E-state index is 15.2. The Labute approximate surface area is 189 Å². The molecule has 4 rings (SSSR count). The van der Waals surface area contributed by atoms with Crippen LogP contribution in [-0.4, -0.2) is 29.4 Å². The molecule has 0 bridgehead atoms. The van der Waals surface area contributed by atoms with Crippen LogP contribution in [0.4, 0.5) is 4.39 Å². The van der Waals surface area contributed by atoms with Crippen LogP contribution in [0.25, 0.3) is 11.1 Å². The number of amides is 2. The number of nitrogens with zero attached hydrogens (tertiary/aromatic N) is 1. The molecule has 0 aliphatic heterocycles. The Morgan fingerprint density at radius 2 is 1.72 bits per heavy atom. The summed E-state index contributed by atoms with van der Waals surface area (Å²) in [5, 5.41) is 5.94. The normalized spacial score (nSPS) is 18.3. The fourth-order valence-corrected chi connectivity index (χ4v) is 4.70. The van der Waals surface area contributed by atoms with Crippen LogP contribution in [0, 0.1) is 5.82 Å². The first kappa shape index (κ1) is 22.4. The van der Waals surface area contributed by atoms with Crippen molar-refractivity contribution in [2.45, 2.75) is 76.2 Å². The van der Waals surface area contributed by atoms with Crippen molar-refractivity contribution in [3.05, 3.63) is 53.6 Å².